The van der Waals surface area contributed by atoms with Crippen LogP contribution in [0.15, 0.2) is 24.3 Å². The van der Waals surface area contributed by atoms with Crippen LogP contribution in [0.5, 0.6) is 0 Å². The third kappa shape index (κ3) is 7.05. The highest BCUT2D eigenvalue weighted by molar-refractivity contribution is 5.98. The van der Waals surface area contributed by atoms with E-state index in [1.807, 2.05) is 23.1 Å². The largest absolute Gasteiger partial charge is 0.480 e. The third-order valence-corrected chi connectivity index (χ3v) is 8.24. The summed E-state index contributed by atoms with van der Waals surface area (Å²) in [7, 11) is 0. The Bertz CT molecular complexity index is 1320. The molecule has 0 saturated carbocycles. The standard InChI is InChI=1S/C29H41N7O5/c1-2-35-21(15-18-7-8-19(27(31)32)16-24(18)35)10-9-20-5-3-14-36(20)26(38)17-34-13-4-6-23(28(34)39)33-25(37)12-11-22(30)29(40)41/h7-8,15-16,20,22-23H,2-6,9-14,17,30H2,1H3,(H3,31,32)(H,33,37)(H,40,41)/t20-,22+,23-/m0/s1. The number of nitrogens with two attached hydrogens (primary N) is 2. The molecule has 2 saturated heterocycles. The lowest BCUT2D eigenvalue weighted by Crippen LogP contribution is -2.55. The highest BCUT2D eigenvalue weighted by Gasteiger charge is 2.34. The number of hydrogen-bond acceptors (Lipinski definition) is 6. The van der Waals surface area contributed by atoms with Gasteiger partial charge in [-0.05, 0) is 69.4 Å². The molecule has 2 aromatic rings. The number of likely N-dealkylation sites (tertiary alicyclic amines) is 2. The topological polar surface area (TPSA) is 188 Å². The van der Waals surface area contributed by atoms with Crippen LogP contribution in [-0.2, 0) is 32.1 Å². The van der Waals surface area contributed by atoms with Crippen molar-refractivity contribution in [3.05, 3.63) is 35.5 Å². The Labute approximate surface area is 239 Å². The molecule has 4 rings (SSSR count). The summed E-state index contributed by atoms with van der Waals surface area (Å²) < 4.78 is 2.24. The van der Waals surface area contributed by atoms with Crippen molar-refractivity contribution in [2.24, 2.45) is 11.5 Å². The van der Waals surface area contributed by atoms with Gasteiger partial charge in [0, 0.05) is 48.9 Å². The molecule has 0 radical (unpaired) electrons. The molecule has 2 aliphatic heterocycles. The van der Waals surface area contributed by atoms with Crippen LogP contribution in [0.25, 0.3) is 10.9 Å². The first-order valence-corrected chi connectivity index (χ1v) is 14.4. The van der Waals surface area contributed by atoms with Gasteiger partial charge >= 0.3 is 5.97 Å². The zero-order valence-electron chi connectivity index (χ0n) is 23.6. The van der Waals surface area contributed by atoms with Crippen LogP contribution in [0, 0.1) is 5.41 Å². The van der Waals surface area contributed by atoms with E-state index in [2.05, 4.69) is 22.9 Å². The number of rotatable bonds is 12. The number of fused-ring (bicyclic) bond motifs is 1. The van der Waals surface area contributed by atoms with Crippen LogP contribution in [0.2, 0.25) is 0 Å². The van der Waals surface area contributed by atoms with Crippen molar-refractivity contribution in [3.8, 4) is 0 Å². The molecule has 12 heteroatoms. The van der Waals surface area contributed by atoms with Gasteiger partial charge < -0.3 is 36.3 Å². The number of piperidine rings is 1. The lowest BCUT2D eigenvalue weighted by atomic mass is 10.0. The van der Waals surface area contributed by atoms with Crippen molar-refractivity contribution in [1.82, 2.24) is 19.7 Å². The summed E-state index contributed by atoms with van der Waals surface area (Å²) in [5.41, 5.74) is 14.1. The first kappa shape index (κ1) is 30.0. The number of carbonyl (C=O) groups is 4. The number of nitrogens with zero attached hydrogens (tertiary/aromatic N) is 3. The SMILES string of the molecule is CCn1c(CC[C@@H]2CCCN2C(=O)CN2CCC[C@H](NC(=O)CC[C@@H](N)C(=O)O)C2=O)cc2ccc(C(=N)N)cc21. The lowest BCUT2D eigenvalue weighted by Gasteiger charge is -2.34. The molecular formula is C29H41N7O5. The van der Waals surface area contributed by atoms with Gasteiger partial charge in [0.25, 0.3) is 0 Å². The number of aryl methyl sites for hydroxylation is 2. The predicted molar refractivity (Wildman–Crippen MR) is 154 cm³/mol. The smallest absolute Gasteiger partial charge is 0.320 e. The summed E-state index contributed by atoms with van der Waals surface area (Å²) in [5.74, 6) is -1.92. The number of amides is 3. The van der Waals surface area contributed by atoms with Crippen molar-refractivity contribution < 1.29 is 24.3 Å². The Kier molecular flexibility index (Phi) is 9.64. The average molecular weight is 568 g/mol. The zero-order valence-corrected chi connectivity index (χ0v) is 23.6. The number of aromatic nitrogens is 1. The van der Waals surface area contributed by atoms with Crippen LogP contribution in [0.3, 0.4) is 0 Å². The summed E-state index contributed by atoms with van der Waals surface area (Å²) in [4.78, 5) is 53.0. The van der Waals surface area contributed by atoms with Gasteiger partial charge in [-0.2, -0.15) is 0 Å². The second kappa shape index (κ2) is 13.2. The molecule has 222 valence electrons. The number of carboxylic acids is 1. The summed E-state index contributed by atoms with van der Waals surface area (Å²) in [6, 6.07) is 6.20. The lowest BCUT2D eigenvalue weighted by molar-refractivity contribution is -0.145. The first-order chi connectivity index (χ1) is 19.6. The number of amidine groups is 1. The first-order valence-electron chi connectivity index (χ1n) is 14.4. The van der Waals surface area contributed by atoms with Crippen molar-refractivity contribution in [2.45, 2.75) is 83.0 Å². The van der Waals surface area contributed by atoms with Crippen molar-refractivity contribution in [3.63, 3.8) is 0 Å². The minimum absolute atomic E-state index is 0.0148. The van der Waals surface area contributed by atoms with Gasteiger partial charge in [0.1, 0.15) is 17.9 Å². The second-order valence-electron chi connectivity index (χ2n) is 11.0. The minimum atomic E-state index is -1.17. The maximum atomic E-state index is 13.4. The highest BCUT2D eigenvalue weighted by atomic mass is 16.4. The maximum absolute atomic E-state index is 13.4. The summed E-state index contributed by atoms with van der Waals surface area (Å²) in [6.07, 6.45) is 4.49. The van der Waals surface area contributed by atoms with E-state index in [9.17, 15) is 19.2 Å². The van der Waals surface area contributed by atoms with Crippen LogP contribution < -0.4 is 16.8 Å². The number of hydrogen-bond donors (Lipinski definition) is 5. The normalized spacial score (nSPS) is 19.9. The minimum Gasteiger partial charge on any atom is -0.480 e. The summed E-state index contributed by atoms with van der Waals surface area (Å²) in [6.45, 7) is 3.97. The van der Waals surface area contributed by atoms with Crippen LogP contribution in [0.1, 0.15) is 63.1 Å². The molecular weight excluding hydrogens is 526 g/mol. The van der Waals surface area contributed by atoms with Gasteiger partial charge in [0.15, 0.2) is 0 Å². The van der Waals surface area contributed by atoms with Gasteiger partial charge in [-0.15, -0.1) is 0 Å². The van der Waals surface area contributed by atoms with Gasteiger partial charge in [-0.3, -0.25) is 24.6 Å². The molecule has 1 aromatic carbocycles. The predicted octanol–water partition coefficient (Wildman–Crippen LogP) is 1.17. The molecule has 3 atom stereocenters. The fraction of sp³-hybridized carbons (Fsp3) is 0.552. The van der Waals surface area contributed by atoms with E-state index < -0.39 is 24.0 Å². The number of carboxylic acid groups (broad SMARTS) is 1. The van der Waals surface area contributed by atoms with Gasteiger partial charge in [-0.25, -0.2) is 0 Å². The van der Waals surface area contributed by atoms with Crippen LogP contribution in [0.4, 0.5) is 0 Å². The molecule has 0 bridgehead atoms. The average Bonchev–Trinajstić information content (AvgIpc) is 3.56. The number of carbonyl (C=O) groups excluding carboxylic acids is 3. The summed E-state index contributed by atoms with van der Waals surface area (Å²) in [5, 5.41) is 20.4. The van der Waals surface area contributed by atoms with Gasteiger partial charge in [0.05, 0.1) is 6.54 Å². The molecule has 1 aromatic heterocycles. The van der Waals surface area contributed by atoms with Gasteiger partial charge in [-0.1, -0.05) is 12.1 Å². The van der Waals surface area contributed by atoms with E-state index in [0.717, 1.165) is 43.1 Å². The zero-order chi connectivity index (χ0) is 29.7. The number of nitrogens with one attached hydrogen (secondary N) is 2. The molecule has 0 spiro atoms. The van der Waals surface area contributed by atoms with E-state index in [4.69, 9.17) is 22.0 Å². The molecule has 2 fully saturated rings. The Hall–Kier alpha value is -3.93. The Balaban J connectivity index is 1.33. The quantitative estimate of drug-likeness (QED) is 0.188. The number of aliphatic carboxylic acids is 1. The Morgan fingerprint density at radius 2 is 1.93 bits per heavy atom. The van der Waals surface area contributed by atoms with E-state index in [1.165, 1.54) is 10.6 Å². The Morgan fingerprint density at radius 1 is 1.17 bits per heavy atom. The fourth-order valence-corrected chi connectivity index (χ4v) is 6.00. The molecule has 0 aliphatic carbocycles. The molecule has 3 heterocycles. The van der Waals surface area contributed by atoms with E-state index >= 15 is 0 Å². The van der Waals surface area contributed by atoms with Crippen molar-refractivity contribution in [1.29, 1.82) is 5.41 Å². The number of nitrogen functional groups attached to an aromatic ring is 1. The Morgan fingerprint density at radius 3 is 2.63 bits per heavy atom. The van der Waals surface area contributed by atoms with Crippen molar-refractivity contribution >= 4 is 40.4 Å². The van der Waals surface area contributed by atoms with Crippen LogP contribution >= 0.6 is 0 Å². The third-order valence-electron chi connectivity index (χ3n) is 8.24. The van der Waals surface area contributed by atoms with E-state index in [1.54, 1.807) is 0 Å². The van der Waals surface area contributed by atoms with Gasteiger partial charge in [0.2, 0.25) is 17.7 Å². The monoisotopic (exact) mass is 567 g/mol. The molecule has 3 amide bonds. The van der Waals surface area contributed by atoms with E-state index in [0.29, 0.717) is 31.5 Å². The second-order valence-corrected chi connectivity index (χ2v) is 11.0. The highest BCUT2D eigenvalue weighted by Crippen LogP contribution is 2.26. The molecule has 41 heavy (non-hydrogen) atoms. The van der Waals surface area contributed by atoms with Crippen LogP contribution in [-0.4, -0.2) is 86.8 Å². The summed E-state index contributed by atoms with van der Waals surface area (Å²) >= 11 is 0. The molecule has 7 N–H and O–H groups in total. The molecule has 12 nitrogen and oxygen atoms in total. The number of benzene rings is 1. The van der Waals surface area contributed by atoms with Crippen molar-refractivity contribution in [2.75, 3.05) is 19.6 Å². The fourth-order valence-electron chi connectivity index (χ4n) is 6.00. The van der Waals surface area contributed by atoms with E-state index in [-0.39, 0.29) is 43.1 Å². The maximum Gasteiger partial charge on any atom is 0.320 e. The molecule has 2 aliphatic rings. The molecule has 0 unspecified atom stereocenters.